The molecule has 0 aliphatic carbocycles. The van der Waals surface area contributed by atoms with Gasteiger partial charge in [-0.15, -0.1) is 0 Å². The van der Waals surface area contributed by atoms with E-state index < -0.39 is 0 Å². The molecule has 1 heterocycles. The number of anilines is 1. The molecule has 0 fully saturated rings. The third-order valence-corrected chi connectivity index (χ3v) is 3.59. The van der Waals surface area contributed by atoms with Crippen molar-refractivity contribution in [2.75, 3.05) is 12.3 Å². The van der Waals surface area contributed by atoms with Crippen LogP contribution >= 0.6 is 11.6 Å². The molecule has 0 aliphatic rings. The fraction of sp³-hybridized carbons (Fsp3) is 0.267. The van der Waals surface area contributed by atoms with Crippen molar-refractivity contribution in [1.82, 2.24) is 9.97 Å². The Morgan fingerprint density at radius 1 is 1.33 bits per heavy atom. The van der Waals surface area contributed by atoms with Gasteiger partial charge in [0, 0.05) is 11.4 Å². The Hall–Kier alpha value is -2.32. The number of halogens is 1. The number of rotatable bonds is 4. The minimum Gasteiger partial charge on any atom is -0.493 e. The zero-order chi connectivity index (χ0) is 15.4. The topological polar surface area (TPSA) is 84.8 Å². The van der Waals surface area contributed by atoms with Crippen molar-refractivity contribution < 1.29 is 4.74 Å². The summed E-state index contributed by atoms with van der Waals surface area (Å²) >= 11 is 6.11. The Bertz CT molecular complexity index is 686. The molecule has 1 aromatic heterocycles. The number of nitrogens with two attached hydrogens (primary N) is 1. The van der Waals surface area contributed by atoms with Gasteiger partial charge in [0.1, 0.15) is 29.0 Å². The molecule has 0 amide bonds. The van der Waals surface area contributed by atoms with Crippen LogP contribution in [0.2, 0.25) is 5.02 Å². The number of aryl methyl sites for hydroxylation is 2. The predicted octanol–water partition coefficient (Wildman–Crippen LogP) is 2.82. The normalized spacial score (nSPS) is 10.2. The summed E-state index contributed by atoms with van der Waals surface area (Å²) in [6.07, 6.45) is 1.94. The fourth-order valence-corrected chi connectivity index (χ4v) is 2.00. The summed E-state index contributed by atoms with van der Waals surface area (Å²) in [6.45, 7) is 4.30. The molecule has 0 radical (unpaired) electrons. The summed E-state index contributed by atoms with van der Waals surface area (Å²) in [6, 6.07) is 5.71. The molecule has 2 aromatic rings. The monoisotopic (exact) mass is 302 g/mol. The lowest BCUT2D eigenvalue weighted by Gasteiger charge is -2.09. The van der Waals surface area contributed by atoms with Gasteiger partial charge in [-0.1, -0.05) is 11.6 Å². The fourth-order valence-electron chi connectivity index (χ4n) is 1.89. The molecule has 0 atom stereocenters. The molecule has 0 spiro atoms. The largest absolute Gasteiger partial charge is 0.493 e. The number of hydrogen-bond donors (Lipinski definition) is 1. The van der Waals surface area contributed by atoms with Gasteiger partial charge in [-0.2, -0.15) is 5.26 Å². The van der Waals surface area contributed by atoms with E-state index in [-0.39, 0.29) is 11.4 Å². The van der Waals surface area contributed by atoms with Gasteiger partial charge in [0.2, 0.25) is 0 Å². The molecular formula is C15H15ClN4O. The molecule has 0 bridgehead atoms. The standard InChI is InChI=1S/C15H15ClN4O/c1-9-5-12(6-10(2)14(9)16)21-4-3-13-19-8-11(7-17)15(18)20-13/h5-6,8H,3-4H2,1-2H3,(H2,18,19,20). The molecule has 21 heavy (non-hydrogen) atoms. The van der Waals surface area contributed by atoms with Gasteiger partial charge in [-0.3, -0.25) is 0 Å². The van der Waals surface area contributed by atoms with Crippen LogP contribution < -0.4 is 10.5 Å². The third-order valence-electron chi connectivity index (χ3n) is 2.99. The number of aromatic nitrogens is 2. The summed E-state index contributed by atoms with van der Waals surface area (Å²) in [7, 11) is 0. The number of benzene rings is 1. The number of ether oxygens (including phenoxy) is 1. The van der Waals surface area contributed by atoms with E-state index in [4.69, 9.17) is 27.3 Å². The minimum absolute atomic E-state index is 0.195. The van der Waals surface area contributed by atoms with Gasteiger partial charge in [0.25, 0.3) is 0 Å². The molecular weight excluding hydrogens is 288 g/mol. The average molecular weight is 303 g/mol. The molecule has 6 heteroatoms. The third kappa shape index (κ3) is 3.61. The quantitative estimate of drug-likeness (QED) is 0.938. The van der Waals surface area contributed by atoms with Gasteiger partial charge in [0.05, 0.1) is 12.8 Å². The second-order valence-corrected chi connectivity index (χ2v) is 5.04. The zero-order valence-corrected chi connectivity index (χ0v) is 12.6. The Balaban J connectivity index is 1.99. The second kappa shape index (κ2) is 6.42. The molecule has 0 unspecified atom stereocenters. The molecule has 0 saturated carbocycles. The smallest absolute Gasteiger partial charge is 0.145 e. The van der Waals surface area contributed by atoms with Crippen LogP contribution in [0.5, 0.6) is 5.75 Å². The van der Waals surface area contributed by atoms with Crippen molar-refractivity contribution in [3.8, 4) is 11.8 Å². The number of hydrogen-bond acceptors (Lipinski definition) is 5. The molecule has 2 N–H and O–H groups in total. The second-order valence-electron chi connectivity index (χ2n) is 4.67. The Morgan fingerprint density at radius 3 is 2.57 bits per heavy atom. The van der Waals surface area contributed by atoms with Crippen molar-refractivity contribution in [1.29, 1.82) is 5.26 Å². The van der Waals surface area contributed by atoms with Crippen molar-refractivity contribution in [3.05, 3.63) is 45.9 Å². The Labute approximate surface area is 128 Å². The average Bonchev–Trinajstić information content (AvgIpc) is 2.45. The van der Waals surface area contributed by atoms with Crippen molar-refractivity contribution in [2.45, 2.75) is 20.3 Å². The van der Waals surface area contributed by atoms with E-state index in [0.29, 0.717) is 18.9 Å². The molecule has 0 aliphatic heterocycles. The van der Waals surface area contributed by atoms with Crippen LogP contribution in [0.4, 0.5) is 5.82 Å². The first-order valence-electron chi connectivity index (χ1n) is 6.42. The van der Waals surface area contributed by atoms with Gasteiger partial charge in [0.15, 0.2) is 0 Å². The maximum absolute atomic E-state index is 8.76. The summed E-state index contributed by atoms with van der Waals surface area (Å²) in [5.74, 6) is 1.51. The van der Waals surface area contributed by atoms with Crippen LogP contribution in [-0.2, 0) is 6.42 Å². The Kier molecular flexibility index (Phi) is 4.61. The molecule has 5 nitrogen and oxygen atoms in total. The maximum Gasteiger partial charge on any atom is 0.145 e. The minimum atomic E-state index is 0.195. The lowest BCUT2D eigenvalue weighted by Crippen LogP contribution is -2.07. The first-order chi connectivity index (χ1) is 10.0. The highest BCUT2D eigenvalue weighted by Gasteiger charge is 2.06. The molecule has 2 rings (SSSR count). The zero-order valence-electron chi connectivity index (χ0n) is 11.9. The van der Waals surface area contributed by atoms with Gasteiger partial charge in [-0.05, 0) is 37.1 Å². The van der Waals surface area contributed by atoms with E-state index in [0.717, 1.165) is 21.9 Å². The number of nitrogens with zero attached hydrogens (tertiary/aromatic N) is 3. The molecule has 1 aromatic carbocycles. The SMILES string of the molecule is Cc1cc(OCCc2ncc(C#N)c(N)n2)cc(C)c1Cl. The van der Waals surface area contributed by atoms with E-state index in [9.17, 15) is 0 Å². The summed E-state index contributed by atoms with van der Waals surface area (Å²) in [5, 5.41) is 9.52. The van der Waals surface area contributed by atoms with Gasteiger partial charge in [-0.25, -0.2) is 9.97 Å². The highest BCUT2D eigenvalue weighted by Crippen LogP contribution is 2.25. The lowest BCUT2D eigenvalue weighted by atomic mass is 10.1. The van der Waals surface area contributed by atoms with Gasteiger partial charge >= 0.3 is 0 Å². The molecule has 108 valence electrons. The van der Waals surface area contributed by atoms with Crippen molar-refractivity contribution >= 4 is 17.4 Å². The van der Waals surface area contributed by atoms with Crippen LogP contribution in [0.3, 0.4) is 0 Å². The van der Waals surface area contributed by atoms with E-state index in [1.54, 1.807) is 0 Å². The predicted molar refractivity (Wildman–Crippen MR) is 81.3 cm³/mol. The number of nitriles is 1. The van der Waals surface area contributed by atoms with Crippen molar-refractivity contribution in [3.63, 3.8) is 0 Å². The number of nitrogen functional groups attached to an aromatic ring is 1. The highest BCUT2D eigenvalue weighted by molar-refractivity contribution is 6.32. The van der Waals surface area contributed by atoms with Crippen molar-refractivity contribution in [2.24, 2.45) is 0 Å². The summed E-state index contributed by atoms with van der Waals surface area (Å²) in [5.41, 5.74) is 7.88. The van der Waals surface area contributed by atoms with Gasteiger partial charge < -0.3 is 10.5 Å². The van der Waals surface area contributed by atoms with E-state index in [1.165, 1.54) is 6.20 Å². The first-order valence-corrected chi connectivity index (χ1v) is 6.80. The van der Waals surface area contributed by atoms with Crippen LogP contribution in [0.25, 0.3) is 0 Å². The van der Waals surface area contributed by atoms with Crippen LogP contribution in [0, 0.1) is 25.2 Å². The Morgan fingerprint density at radius 2 is 2.00 bits per heavy atom. The lowest BCUT2D eigenvalue weighted by molar-refractivity contribution is 0.318. The van der Waals surface area contributed by atoms with E-state index in [1.807, 2.05) is 32.0 Å². The van der Waals surface area contributed by atoms with Crippen LogP contribution in [-0.4, -0.2) is 16.6 Å². The molecule has 0 saturated heterocycles. The summed E-state index contributed by atoms with van der Waals surface area (Å²) in [4.78, 5) is 8.14. The summed E-state index contributed by atoms with van der Waals surface area (Å²) < 4.78 is 5.68. The first kappa shape index (κ1) is 15.1. The van der Waals surface area contributed by atoms with Crippen LogP contribution in [0.1, 0.15) is 22.5 Å². The highest BCUT2D eigenvalue weighted by atomic mass is 35.5. The van der Waals surface area contributed by atoms with Crippen LogP contribution in [0.15, 0.2) is 18.3 Å². The van der Waals surface area contributed by atoms with E-state index >= 15 is 0 Å². The maximum atomic E-state index is 8.76. The van der Waals surface area contributed by atoms with E-state index in [2.05, 4.69) is 9.97 Å².